The van der Waals surface area contributed by atoms with Crippen LogP contribution in [0.5, 0.6) is 5.75 Å². The highest BCUT2D eigenvalue weighted by atomic mass is 16.5. The first-order valence-electron chi connectivity index (χ1n) is 8.15. The molecule has 0 amide bonds. The lowest BCUT2D eigenvalue weighted by Crippen LogP contribution is -2.39. The van der Waals surface area contributed by atoms with Gasteiger partial charge in [-0.1, -0.05) is 19.9 Å². The van der Waals surface area contributed by atoms with Gasteiger partial charge in [0.2, 0.25) is 0 Å². The number of hydrogen-bond donors (Lipinski definition) is 1. The largest absolute Gasteiger partial charge is 0.492 e. The first-order valence-corrected chi connectivity index (χ1v) is 8.15. The highest BCUT2D eigenvalue weighted by Gasteiger charge is 2.21. The topological polar surface area (TPSA) is 30.5 Å². The minimum absolute atomic E-state index is 0.372. The smallest absolute Gasteiger partial charge is 0.119 e. The van der Waals surface area contributed by atoms with Crippen molar-refractivity contribution in [2.75, 3.05) is 19.8 Å². The number of benzene rings is 1. The van der Waals surface area contributed by atoms with E-state index in [1.807, 2.05) is 0 Å². The molecule has 21 heavy (non-hydrogen) atoms. The number of hydrogen-bond acceptors (Lipinski definition) is 3. The summed E-state index contributed by atoms with van der Waals surface area (Å²) in [5.74, 6) is 1.51. The summed E-state index contributed by atoms with van der Waals surface area (Å²) < 4.78 is 11.6. The van der Waals surface area contributed by atoms with Crippen LogP contribution in [0, 0.1) is 6.92 Å². The van der Waals surface area contributed by atoms with Gasteiger partial charge >= 0.3 is 0 Å². The van der Waals surface area contributed by atoms with Crippen LogP contribution in [0.2, 0.25) is 0 Å². The van der Waals surface area contributed by atoms with Gasteiger partial charge in [0.1, 0.15) is 12.4 Å². The summed E-state index contributed by atoms with van der Waals surface area (Å²) in [5.41, 5.74) is 2.60. The fourth-order valence-corrected chi connectivity index (χ4v) is 2.78. The van der Waals surface area contributed by atoms with Gasteiger partial charge in [0.25, 0.3) is 0 Å². The summed E-state index contributed by atoms with van der Waals surface area (Å²) in [6.07, 6.45) is 2.73. The molecule has 2 rings (SSSR count). The van der Waals surface area contributed by atoms with Crippen molar-refractivity contribution < 1.29 is 9.47 Å². The maximum Gasteiger partial charge on any atom is 0.119 e. The Labute approximate surface area is 129 Å². The van der Waals surface area contributed by atoms with Crippen LogP contribution in [0.25, 0.3) is 0 Å². The highest BCUT2D eigenvalue weighted by molar-refractivity contribution is 5.35. The zero-order valence-corrected chi connectivity index (χ0v) is 13.8. The van der Waals surface area contributed by atoms with Crippen LogP contribution in [0.4, 0.5) is 0 Å². The molecule has 1 aromatic rings. The molecule has 0 radical (unpaired) electrons. The molecule has 1 aliphatic rings. The van der Waals surface area contributed by atoms with Gasteiger partial charge in [0.15, 0.2) is 0 Å². The first-order chi connectivity index (χ1) is 10.1. The van der Waals surface area contributed by atoms with Crippen LogP contribution in [0.15, 0.2) is 18.2 Å². The van der Waals surface area contributed by atoms with Gasteiger partial charge in [-0.05, 0) is 55.9 Å². The Morgan fingerprint density at radius 3 is 2.76 bits per heavy atom. The molecule has 3 nitrogen and oxygen atoms in total. The molecule has 1 heterocycles. The van der Waals surface area contributed by atoms with Crippen LogP contribution >= 0.6 is 0 Å². The van der Waals surface area contributed by atoms with Crippen molar-refractivity contribution in [3.05, 3.63) is 29.3 Å². The number of nitrogens with one attached hydrogen (secondary N) is 1. The molecule has 0 aromatic heterocycles. The van der Waals surface area contributed by atoms with Crippen molar-refractivity contribution in [3.8, 4) is 5.75 Å². The Bertz CT molecular complexity index is 439. The number of rotatable bonds is 7. The second kappa shape index (κ2) is 7.81. The third kappa shape index (κ3) is 5.01. The minimum atomic E-state index is 0.372. The van der Waals surface area contributed by atoms with E-state index < -0.39 is 0 Å². The molecule has 1 N–H and O–H groups in total. The quantitative estimate of drug-likeness (QED) is 0.778. The van der Waals surface area contributed by atoms with Gasteiger partial charge < -0.3 is 14.8 Å². The first kappa shape index (κ1) is 16.3. The highest BCUT2D eigenvalue weighted by Crippen LogP contribution is 2.22. The van der Waals surface area contributed by atoms with Gasteiger partial charge in [-0.25, -0.2) is 0 Å². The molecule has 1 saturated heterocycles. The van der Waals surface area contributed by atoms with Crippen LogP contribution in [-0.2, 0) is 4.74 Å². The zero-order valence-electron chi connectivity index (χ0n) is 13.8. The van der Waals surface area contributed by atoms with E-state index in [0.717, 1.165) is 18.9 Å². The van der Waals surface area contributed by atoms with E-state index in [1.54, 1.807) is 0 Å². The average molecular weight is 291 g/mol. The molecule has 3 heteroatoms. The van der Waals surface area contributed by atoms with Crippen LogP contribution < -0.4 is 10.1 Å². The second-order valence-electron chi connectivity index (χ2n) is 6.38. The van der Waals surface area contributed by atoms with Crippen molar-refractivity contribution in [1.82, 2.24) is 5.32 Å². The Morgan fingerprint density at radius 2 is 2.10 bits per heavy atom. The summed E-state index contributed by atoms with van der Waals surface area (Å²) in [4.78, 5) is 0. The van der Waals surface area contributed by atoms with Gasteiger partial charge in [-0.15, -0.1) is 0 Å². The van der Waals surface area contributed by atoms with E-state index in [2.05, 4.69) is 51.2 Å². The van der Waals surface area contributed by atoms with Gasteiger partial charge in [-0.3, -0.25) is 0 Å². The fraction of sp³-hybridized carbons (Fsp3) is 0.667. The predicted octanol–water partition coefficient (Wildman–Crippen LogP) is 3.65. The van der Waals surface area contributed by atoms with Crippen molar-refractivity contribution in [2.24, 2.45) is 0 Å². The molecule has 118 valence electrons. The third-order valence-corrected chi connectivity index (χ3v) is 4.10. The van der Waals surface area contributed by atoms with Crippen molar-refractivity contribution in [2.45, 2.75) is 58.6 Å². The Hall–Kier alpha value is -1.06. The number of aryl methyl sites for hydroxylation is 1. The summed E-state index contributed by atoms with van der Waals surface area (Å²) >= 11 is 0. The molecular formula is C18H29NO2. The third-order valence-electron chi connectivity index (χ3n) is 4.10. The van der Waals surface area contributed by atoms with Crippen LogP contribution in [-0.4, -0.2) is 31.9 Å². The van der Waals surface area contributed by atoms with E-state index in [-0.39, 0.29) is 0 Å². The monoisotopic (exact) mass is 291 g/mol. The summed E-state index contributed by atoms with van der Waals surface area (Å²) in [6, 6.07) is 6.89. The zero-order chi connectivity index (χ0) is 15.2. The molecule has 1 aliphatic heterocycles. The average Bonchev–Trinajstić information content (AvgIpc) is 2.97. The lowest BCUT2D eigenvalue weighted by Gasteiger charge is -2.20. The van der Waals surface area contributed by atoms with E-state index in [0.29, 0.717) is 24.7 Å². The molecule has 0 aliphatic carbocycles. The molecule has 2 unspecified atom stereocenters. The SMILES string of the molecule is Cc1cc(OCCNC(C)C2CCCO2)cc(C(C)C)c1. The predicted molar refractivity (Wildman–Crippen MR) is 87.2 cm³/mol. The van der Waals surface area contributed by atoms with Crippen molar-refractivity contribution in [1.29, 1.82) is 0 Å². The Kier molecular flexibility index (Phi) is 6.07. The molecule has 1 fully saturated rings. The molecule has 1 aromatic carbocycles. The summed E-state index contributed by atoms with van der Waals surface area (Å²) in [5, 5.41) is 3.50. The van der Waals surface area contributed by atoms with E-state index in [4.69, 9.17) is 9.47 Å². The van der Waals surface area contributed by atoms with Crippen molar-refractivity contribution in [3.63, 3.8) is 0 Å². The van der Waals surface area contributed by atoms with Crippen LogP contribution in [0.1, 0.15) is 50.7 Å². The minimum Gasteiger partial charge on any atom is -0.492 e. The van der Waals surface area contributed by atoms with Crippen LogP contribution in [0.3, 0.4) is 0 Å². The van der Waals surface area contributed by atoms with Gasteiger partial charge in [0.05, 0.1) is 6.10 Å². The molecule has 0 saturated carbocycles. The number of ether oxygens (including phenoxy) is 2. The van der Waals surface area contributed by atoms with Crippen molar-refractivity contribution >= 4 is 0 Å². The van der Waals surface area contributed by atoms with Gasteiger partial charge in [0, 0.05) is 19.2 Å². The normalized spacial score (nSPS) is 20.0. The van der Waals surface area contributed by atoms with E-state index >= 15 is 0 Å². The second-order valence-corrected chi connectivity index (χ2v) is 6.38. The Morgan fingerprint density at radius 1 is 1.29 bits per heavy atom. The van der Waals surface area contributed by atoms with E-state index in [1.165, 1.54) is 24.0 Å². The van der Waals surface area contributed by atoms with E-state index in [9.17, 15) is 0 Å². The fourth-order valence-electron chi connectivity index (χ4n) is 2.78. The maximum absolute atomic E-state index is 5.89. The standard InChI is InChI=1S/C18H29NO2/c1-13(2)16-10-14(3)11-17(12-16)20-9-7-19-15(4)18-6-5-8-21-18/h10-13,15,18-19H,5-9H2,1-4H3. The maximum atomic E-state index is 5.89. The lowest BCUT2D eigenvalue weighted by molar-refractivity contribution is 0.0824. The van der Waals surface area contributed by atoms with Gasteiger partial charge in [-0.2, -0.15) is 0 Å². The molecule has 0 bridgehead atoms. The lowest BCUT2D eigenvalue weighted by atomic mass is 10.0. The Balaban J connectivity index is 1.75. The summed E-state index contributed by atoms with van der Waals surface area (Å²) in [7, 11) is 0. The molecule has 2 atom stereocenters. The summed E-state index contributed by atoms with van der Waals surface area (Å²) in [6.45, 7) is 11.2. The molecule has 0 spiro atoms. The molecular weight excluding hydrogens is 262 g/mol.